The highest BCUT2D eigenvalue weighted by atomic mass is 16.5. The fourth-order valence-corrected chi connectivity index (χ4v) is 3.48. The highest BCUT2D eigenvalue weighted by molar-refractivity contribution is 6.00. The minimum Gasteiger partial charge on any atom is -0.462 e. The van der Waals surface area contributed by atoms with Crippen LogP contribution in [0.3, 0.4) is 0 Å². The molecule has 8 heteroatoms. The van der Waals surface area contributed by atoms with Gasteiger partial charge in [-0.25, -0.2) is 14.6 Å². The summed E-state index contributed by atoms with van der Waals surface area (Å²) in [4.78, 5) is 42.1. The first-order valence-corrected chi connectivity index (χ1v) is 11.2. The van der Waals surface area contributed by atoms with Crippen molar-refractivity contribution >= 4 is 34.6 Å². The molecule has 0 aliphatic rings. The average Bonchev–Trinajstić information content (AvgIpc) is 3.32. The Balaban J connectivity index is 1.48. The third-order valence-corrected chi connectivity index (χ3v) is 5.25. The summed E-state index contributed by atoms with van der Waals surface area (Å²) in [5.74, 6) is -1.30. The van der Waals surface area contributed by atoms with Crippen LogP contribution in [0.1, 0.15) is 41.0 Å². The zero-order valence-corrected chi connectivity index (χ0v) is 19.3. The first-order chi connectivity index (χ1) is 17.0. The normalized spacial score (nSPS) is 11.6. The van der Waals surface area contributed by atoms with Crippen LogP contribution in [-0.4, -0.2) is 35.5 Å². The number of fused-ring (bicyclic) bond motifs is 1. The van der Waals surface area contributed by atoms with Crippen molar-refractivity contribution in [2.24, 2.45) is 0 Å². The summed E-state index contributed by atoms with van der Waals surface area (Å²) in [5.41, 5.74) is 2.82. The number of para-hydroxylation sites is 2. The molecule has 4 rings (SSSR count). The van der Waals surface area contributed by atoms with E-state index in [1.54, 1.807) is 68.4 Å². The number of carbonyl (C=O) groups is 3. The molecule has 1 heterocycles. The fraction of sp³-hybridized carbons (Fsp3) is 0.185. The minimum atomic E-state index is -1.02. The Morgan fingerprint density at radius 2 is 1.63 bits per heavy atom. The average molecular weight is 472 g/mol. The molecule has 0 bridgehead atoms. The van der Waals surface area contributed by atoms with Gasteiger partial charge in [0.1, 0.15) is 5.52 Å². The molecule has 35 heavy (non-hydrogen) atoms. The van der Waals surface area contributed by atoms with Crippen LogP contribution in [0.4, 0.5) is 5.69 Å². The van der Waals surface area contributed by atoms with Crippen LogP contribution < -0.4 is 5.32 Å². The number of esters is 2. The summed E-state index contributed by atoms with van der Waals surface area (Å²) in [6.07, 6.45) is -0.757. The Labute approximate surface area is 201 Å². The van der Waals surface area contributed by atoms with Crippen molar-refractivity contribution in [3.63, 3.8) is 0 Å². The van der Waals surface area contributed by atoms with Gasteiger partial charge in [-0.3, -0.25) is 4.79 Å². The summed E-state index contributed by atoms with van der Waals surface area (Å²) >= 11 is 0. The SMILES string of the molecule is CCOC(=O)c1ccc(NC(=O)C(CC)OC(=O)c2ccccc2-c2nc3ccccc3o2)cc1. The molecule has 1 N–H and O–H groups in total. The predicted molar refractivity (Wildman–Crippen MR) is 130 cm³/mol. The maximum Gasteiger partial charge on any atom is 0.339 e. The number of nitrogens with zero attached hydrogens (tertiary/aromatic N) is 1. The topological polar surface area (TPSA) is 108 Å². The molecule has 1 atom stereocenters. The molecule has 0 radical (unpaired) electrons. The Kier molecular flexibility index (Phi) is 7.21. The highest BCUT2D eigenvalue weighted by Gasteiger charge is 2.25. The molecule has 1 aromatic heterocycles. The quantitative estimate of drug-likeness (QED) is 0.349. The van der Waals surface area contributed by atoms with Crippen molar-refractivity contribution in [2.45, 2.75) is 26.4 Å². The number of hydrogen-bond donors (Lipinski definition) is 1. The van der Waals surface area contributed by atoms with Gasteiger partial charge in [0.15, 0.2) is 11.7 Å². The van der Waals surface area contributed by atoms with E-state index in [4.69, 9.17) is 13.9 Å². The second-order valence-corrected chi connectivity index (χ2v) is 7.62. The molecular weight excluding hydrogens is 448 g/mol. The minimum absolute atomic E-state index is 0.240. The summed E-state index contributed by atoms with van der Waals surface area (Å²) in [5, 5.41) is 2.71. The first kappa shape index (κ1) is 23.7. The van der Waals surface area contributed by atoms with Gasteiger partial charge in [-0.05, 0) is 61.9 Å². The Morgan fingerprint density at radius 3 is 2.34 bits per heavy atom. The van der Waals surface area contributed by atoms with Crippen LogP contribution in [0.5, 0.6) is 0 Å². The van der Waals surface area contributed by atoms with E-state index in [1.807, 2.05) is 18.2 Å². The molecule has 4 aromatic rings. The molecule has 178 valence electrons. The van der Waals surface area contributed by atoms with Crippen LogP contribution in [-0.2, 0) is 14.3 Å². The number of anilines is 1. The second-order valence-electron chi connectivity index (χ2n) is 7.62. The number of hydrogen-bond acceptors (Lipinski definition) is 7. The lowest BCUT2D eigenvalue weighted by Gasteiger charge is -2.17. The number of amides is 1. The van der Waals surface area contributed by atoms with E-state index in [2.05, 4.69) is 10.3 Å². The Hall–Kier alpha value is -4.46. The van der Waals surface area contributed by atoms with Gasteiger partial charge in [0.2, 0.25) is 5.89 Å². The zero-order valence-electron chi connectivity index (χ0n) is 19.3. The number of oxazole rings is 1. The smallest absolute Gasteiger partial charge is 0.339 e. The number of nitrogens with one attached hydrogen (secondary N) is 1. The van der Waals surface area contributed by atoms with E-state index in [-0.39, 0.29) is 24.5 Å². The lowest BCUT2D eigenvalue weighted by Crippen LogP contribution is -2.32. The fourth-order valence-electron chi connectivity index (χ4n) is 3.48. The van der Waals surface area contributed by atoms with Crippen molar-refractivity contribution < 1.29 is 28.3 Å². The number of benzene rings is 3. The summed E-state index contributed by atoms with van der Waals surface area (Å²) < 4.78 is 16.3. The summed E-state index contributed by atoms with van der Waals surface area (Å²) in [6.45, 7) is 3.74. The van der Waals surface area contributed by atoms with E-state index < -0.39 is 23.9 Å². The molecule has 0 saturated carbocycles. The van der Waals surface area contributed by atoms with E-state index in [0.717, 1.165) is 0 Å². The number of aromatic nitrogens is 1. The molecule has 8 nitrogen and oxygen atoms in total. The van der Waals surface area contributed by atoms with Crippen molar-refractivity contribution in [1.82, 2.24) is 4.98 Å². The van der Waals surface area contributed by atoms with Gasteiger partial charge in [-0.2, -0.15) is 0 Å². The van der Waals surface area contributed by atoms with Gasteiger partial charge in [0.05, 0.1) is 23.3 Å². The maximum atomic E-state index is 13.0. The van der Waals surface area contributed by atoms with Crippen LogP contribution in [0, 0.1) is 0 Å². The third-order valence-electron chi connectivity index (χ3n) is 5.25. The lowest BCUT2D eigenvalue weighted by molar-refractivity contribution is -0.124. The van der Waals surface area contributed by atoms with Crippen LogP contribution in [0.25, 0.3) is 22.6 Å². The third kappa shape index (κ3) is 5.38. The molecule has 1 amide bonds. The molecular formula is C27H24N2O6. The van der Waals surface area contributed by atoms with E-state index in [0.29, 0.717) is 27.9 Å². The first-order valence-electron chi connectivity index (χ1n) is 11.2. The molecule has 1 unspecified atom stereocenters. The van der Waals surface area contributed by atoms with Crippen LogP contribution in [0.2, 0.25) is 0 Å². The van der Waals surface area contributed by atoms with E-state index in [1.165, 1.54) is 0 Å². The largest absolute Gasteiger partial charge is 0.462 e. The summed E-state index contributed by atoms with van der Waals surface area (Å²) in [6, 6.07) is 20.4. The van der Waals surface area contributed by atoms with Crippen molar-refractivity contribution in [1.29, 1.82) is 0 Å². The van der Waals surface area contributed by atoms with Gasteiger partial charge in [0, 0.05) is 5.69 Å². The molecule has 0 spiro atoms. The molecule has 0 aliphatic carbocycles. The van der Waals surface area contributed by atoms with Crippen molar-refractivity contribution in [3.8, 4) is 11.5 Å². The number of ether oxygens (including phenoxy) is 2. The standard InChI is InChI=1S/C27H24N2O6/c1-3-22(24(30)28-18-15-13-17(14-16-18)26(31)33-4-2)35-27(32)20-10-6-5-9-19(20)25-29-21-11-7-8-12-23(21)34-25/h5-16,22H,3-4H2,1-2H3,(H,28,30). The van der Waals surface area contributed by atoms with Crippen LogP contribution in [0.15, 0.2) is 77.2 Å². The Bertz CT molecular complexity index is 1330. The monoisotopic (exact) mass is 472 g/mol. The lowest BCUT2D eigenvalue weighted by atomic mass is 10.1. The Morgan fingerprint density at radius 1 is 0.914 bits per heavy atom. The molecule has 0 saturated heterocycles. The second kappa shape index (κ2) is 10.6. The number of carbonyl (C=O) groups excluding carboxylic acids is 3. The van der Waals surface area contributed by atoms with Gasteiger partial charge < -0.3 is 19.2 Å². The maximum absolute atomic E-state index is 13.0. The van der Waals surface area contributed by atoms with Gasteiger partial charge in [-0.1, -0.05) is 31.2 Å². The van der Waals surface area contributed by atoms with Crippen molar-refractivity contribution in [2.75, 3.05) is 11.9 Å². The van der Waals surface area contributed by atoms with Gasteiger partial charge >= 0.3 is 11.9 Å². The van der Waals surface area contributed by atoms with E-state index >= 15 is 0 Å². The molecule has 0 fully saturated rings. The van der Waals surface area contributed by atoms with E-state index in [9.17, 15) is 14.4 Å². The van der Waals surface area contributed by atoms with Crippen LogP contribution >= 0.6 is 0 Å². The zero-order chi connectivity index (χ0) is 24.8. The molecule has 3 aromatic carbocycles. The molecule has 0 aliphatic heterocycles. The highest BCUT2D eigenvalue weighted by Crippen LogP contribution is 2.28. The van der Waals surface area contributed by atoms with Gasteiger partial charge in [-0.15, -0.1) is 0 Å². The predicted octanol–water partition coefficient (Wildman–Crippen LogP) is 5.25. The summed E-state index contributed by atoms with van der Waals surface area (Å²) in [7, 11) is 0. The van der Waals surface area contributed by atoms with Crippen molar-refractivity contribution in [3.05, 3.63) is 83.9 Å². The van der Waals surface area contributed by atoms with Gasteiger partial charge in [0.25, 0.3) is 5.91 Å². The number of rotatable bonds is 8.